The summed E-state index contributed by atoms with van der Waals surface area (Å²) < 4.78 is 83.6. The fourth-order valence-corrected chi connectivity index (χ4v) is 7.84. The molecule has 0 heterocycles. The lowest BCUT2D eigenvalue weighted by Crippen LogP contribution is -2.63. The third kappa shape index (κ3) is 5.37. The van der Waals surface area contributed by atoms with Crippen molar-refractivity contribution < 1.29 is 33.1 Å². The van der Waals surface area contributed by atoms with Crippen molar-refractivity contribution in [3.8, 4) is 0 Å². The van der Waals surface area contributed by atoms with Crippen LogP contribution < -0.4 is 0 Å². The summed E-state index contributed by atoms with van der Waals surface area (Å²) >= 11 is 0.936. The Morgan fingerprint density at radius 3 is 2.66 bits per heavy atom. The second-order valence-corrected chi connectivity index (χ2v) is 12.1. The maximum atomic E-state index is 13.5. The largest absolute Gasteiger partial charge is 0.461 e. The summed E-state index contributed by atoms with van der Waals surface area (Å²) in [5, 5.41) is 11.6. The summed E-state index contributed by atoms with van der Waals surface area (Å²) in [5.41, 5.74) is -1.93. The highest BCUT2D eigenvalue weighted by Gasteiger charge is 2.68. The number of thioether (sulfide) groups is 1. The van der Waals surface area contributed by atoms with Gasteiger partial charge in [-0.2, -0.15) is 0 Å². The topological polar surface area (TPSA) is 66.8 Å². The van der Waals surface area contributed by atoms with Gasteiger partial charge in [0.25, 0.3) is 0 Å². The van der Waals surface area contributed by atoms with Crippen molar-refractivity contribution in [2.24, 2.45) is 34.0 Å². The fraction of sp³-hybridized carbons (Fsp3) is 0.857. The molecule has 3 fully saturated rings. The number of hydrogen-bond donors (Lipinski definition) is 1. The van der Waals surface area contributed by atoms with Crippen LogP contribution >= 0.6 is 24.2 Å². The molecule has 3 aliphatic carbocycles. The Kier molecular flexibility index (Phi) is 6.33. The standard InChI is InChI=1S/C28H47NO4S.ClH/c1-8-26(6)17-22(33-23(31)18-34-16-15-29(9-2)10-3)27(7)19(4)11-13-28(20(5)25(26)32)14-12-21(30)24(27)28;/h8,19-20,22,24-25,32H,1,9-18H2,2-7H3;1H/t19-,20-,22+,24-,25-,26+,27-,28?;/m0./s1/i2D3,3D3,9D2,10D2;. The summed E-state index contributed by atoms with van der Waals surface area (Å²) in [4.78, 5) is 27.0. The summed E-state index contributed by atoms with van der Waals surface area (Å²) in [5.74, 6) is -1.43. The molecule has 5 nitrogen and oxygen atoms in total. The van der Waals surface area contributed by atoms with Crippen LogP contribution in [0.5, 0.6) is 0 Å². The quantitative estimate of drug-likeness (QED) is 0.241. The van der Waals surface area contributed by atoms with Crippen LogP contribution in [0.25, 0.3) is 0 Å². The Bertz CT molecular complexity index is 1100. The van der Waals surface area contributed by atoms with E-state index in [1.807, 2.05) is 20.8 Å². The number of Topliss-reactive ketones (excluding diaryl/α,β-unsaturated/α-hetero) is 1. The minimum atomic E-state index is -3.34. The Morgan fingerprint density at radius 2 is 2.03 bits per heavy atom. The van der Waals surface area contributed by atoms with Crippen LogP contribution in [0.2, 0.25) is 0 Å². The van der Waals surface area contributed by atoms with E-state index in [0.29, 0.717) is 12.8 Å². The third-order valence-corrected chi connectivity index (χ3v) is 10.4. The van der Waals surface area contributed by atoms with Gasteiger partial charge < -0.3 is 14.7 Å². The zero-order valence-corrected chi connectivity index (χ0v) is 22.9. The monoisotopic (exact) mass is 539 g/mol. The lowest BCUT2D eigenvalue weighted by Gasteiger charge is -2.61. The molecule has 0 amide bonds. The van der Waals surface area contributed by atoms with E-state index >= 15 is 0 Å². The number of ketones is 1. The molecule has 3 aliphatic rings. The van der Waals surface area contributed by atoms with Crippen molar-refractivity contribution in [3.63, 3.8) is 0 Å². The van der Waals surface area contributed by atoms with Crippen molar-refractivity contribution >= 4 is 35.9 Å². The Balaban J connectivity index is 0.00000705. The summed E-state index contributed by atoms with van der Waals surface area (Å²) in [6.07, 6.45) is 3.12. The number of carbonyl (C=O) groups excluding carboxylic acids is 2. The van der Waals surface area contributed by atoms with Gasteiger partial charge in [0, 0.05) is 49.2 Å². The molecule has 0 aromatic rings. The van der Waals surface area contributed by atoms with E-state index in [-0.39, 0.29) is 58.8 Å². The molecular formula is C28H48ClNO4S. The molecule has 0 aromatic heterocycles. The predicted octanol–water partition coefficient (Wildman–Crippen LogP) is 5.39. The van der Waals surface area contributed by atoms with Crippen LogP contribution in [0.15, 0.2) is 12.7 Å². The van der Waals surface area contributed by atoms with Crippen LogP contribution in [0.1, 0.15) is 87.2 Å². The molecule has 0 aromatic carbocycles. The number of aliphatic hydroxyl groups is 1. The molecule has 8 atom stereocenters. The van der Waals surface area contributed by atoms with Gasteiger partial charge in [0.2, 0.25) is 0 Å². The number of esters is 1. The lowest BCUT2D eigenvalue weighted by atomic mass is 9.44. The Labute approximate surface area is 237 Å². The van der Waals surface area contributed by atoms with Gasteiger partial charge in [-0.1, -0.05) is 47.5 Å². The second-order valence-electron chi connectivity index (χ2n) is 11.0. The minimum absolute atomic E-state index is 0. The fourth-order valence-electron chi connectivity index (χ4n) is 7.15. The minimum Gasteiger partial charge on any atom is -0.461 e. The number of carbonyl (C=O) groups is 2. The van der Waals surface area contributed by atoms with E-state index in [2.05, 4.69) is 13.5 Å². The SMILES string of the molecule is Cl.[2H]C([2H])([2H])C([2H])([2H])N(CCSCC(=O)O[C@@H]1C[C@@](C)(C=C)[C@@H](O)[C@H](C)C23CCC(=O)[C@H]2[C@@]1(C)[C@@H](C)CC3)C([2H])([2H])C([2H])([2H])[2H]. The number of aliphatic hydroxyl groups excluding tert-OH is 1. The molecule has 0 radical (unpaired) electrons. The summed E-state index contributed by atoms with van der Waals surface area (Å²) in [7, 11) is 0. The van der Waals surface area contributed by atoms with Gasteiger partial charge in [-0.15, -0.1) is 30.7 Å². The van der Waals surface area contributed by atoms with Crippen molar-refractivity contribution in [2.75, 3.05) is 31.0 Å². The summed E-state index contributed by atoms with van der Waals surface area (Å²) in [6.45, 7) is -1.90. The van der Waals surface area contributed by atoms with Gasteiger partial charge in [-0.25, -0.2) is 0 Å². The highest BCUT2D eigenvalue weighted by atomic mass is 35.5. The zero-order valence-electron chi connectivity index (χ0n) is 31.3. The predicted molar refractivity (Wildman–Crippen MR) is 147 cm³/mol. The smallest absolute Gasteiger partial charge is 0.316 e. The molecule has 3 rings (SSSR count). The molecule has 0 spiro atoms. The third-order valence-electron chi connectivity index (χ3n) is 9.52. The van der Waals surface area contributed by atoms with Gasteiger partial charge >= 0.3 is 5.97 Å². The zero-order chi connectivity index (χ0) is 33.9. The molecule has 0 saturated heterocycles. The molecule has 35 heavy (non-hydrogen) atoms. The molecule has 202 valence electrons. The van der Waals surface area contributed by atoms with E-state index in [0.717, 1.165) is 24.6 Å². The van der Waals surface area contributed by atoms with Gasteiger partial charge in [-0.05, 0) is 55.9 Å². The summed E-state index contributed by atoms with van der Waals surface area (Å²) in [6, 6.07) is 0. The maximum Gasteiger partial charge on any atom is 0.316 e. The molecule has 1 unspecified atom stereocenters. The highest BCUT2D eigenvalue weighted by Crippen LogP contribution is 2.67. The van der Waals surface area contributed by atoms with Crippen LogP contribution in [0.3, 0.4) is 0 Å². The molecular weight excluding hydrogens is 482 g/mol. The molecule has 1 N–H and O–H groups in total. The van der Waals surface area contributed by atoms with Crippen LogP contribution in [0, 0.1) is 34.0 Å². The van der Waals surface area contributed by atoms with Crippen molar-refractivity contribution in [3.05, 3.63) is 12.7 Å². The Morgan fingerprint density at radius 1 is 1.34 bits per heavy atom. The van der Waals surface area contributed by atoms with Crippen molar-refractivity contribution in [1.29, 1.82) is 0 Å². The number of hydrogen-bond acceptors (Lipinski definition) is 6. The average Bonchev–Trinajstić information content (AvgIpc) is 3.25. The van der Waals surface area contributed by atoms with E-state index < -0.39 is 67.7 Å². The number of nitrogens with zero attached hydrogens (tertiary/aromatic N) is 1. The van der Waals surface area contributed by atoms with Gasteiger partial charge in [-0.3, -0.25) is 9.59 Å². The van der Waals surface area contributed by atoms with Crippen LogP contribution in [0.4, 0.5) is 0 Å². The van der Waals surface area contributed by atoms with E-state index in [1.54, 1.807) is 6.08 Å². The van der Waals surface area contributed by atoms with E-state index in [1.165, 1.54) is 0 Å². The first kappa shape index (κ1) is 18.7. The number of ether oxygens (including phenoxy) is 1. The van der Waals surface area contributed by atoms with Gasteiger partial charge in [0.05, 0.1) is 11.9 Å². The molecule has 0 aliphatic heterocycles. The highest BCUT2D eigenvalue weighted by molar-refractivity contribution is 7.99. The first-order chi connectivity index (χ1) is 19.8. The first-order valence-corrected chi connectivity index (χ1v) is 13.4. The molecule has 2 bridgehead atoms. The number of halogens is 1. The van der Waals surface area contributed by atoms with Crippen molar-refractivity contribution in [1.82, 2.24) is 4.90 Å². The number of rotatable bonds is 9. The van der Waals surface area contributed by atoms with Crippen LogP contribution in [-0.2, 0) is 14.3 Å². The maximum absolute atomic E-state index is 13.5. The average molecular weight is 540 g/mol. The molecule has 7 heteroatoms. The van der Waals surface area contributed by atoms with Gasteiger partial charge in [0.15, 0.2) is 0 Å². The van der Waals surface area contributed by atoms with E-state index in [4.69, 9.17) is 18.4 Å². The van der Waals surface area contributed by atoms with Crippen molar-refractivity contribution in [2.45, 2.75) is 85.7 Å². The second kappa shape index (κ2) is 11.9. The first-order valence-electron chi connectivity index (χ1n) is 17.2. The lowest BCUT2D eigenvalue weighted by molar-refractivity contribution is -0.205. The molecule has 3 saturated carbocycles. The Hall–Kier alpha value is -0.560. The normalized spacial score (nSPS) is 46.7. The van der Waals surface area contributed by atoms with Gasteiger partial charge in [0.1, 0.15) is 11.9 Å². The van der Waals surface area contributed by atoms with Crippen LogP contribution in [-0.4, -0.2) is 65.0 Å². The van der Waals surface area contributed by atoms with E-state index in [9.17, 15) is 14.7 Å².